The van der Waals surface area contributed by atoms with Crippen molar-refractivity contribution >= 4 is 61.2 Å². The second kappa shape index (κ2) is 13.8. The Kier molecular flexibility index (Phi) is 10.5. The van der Waals surface area contributed by atoms with E-state index in [1.54, 1.807) is 13.3 Å². The van der Waals surface area contributed by atoms with Crippen LogP contribution in [0.1, 0.15) is 24.3 Å². The normalized spacial score (nSPS) is 19.8. The molecule has 3 aromatic rings. The number of imidazole rings is 1. The number of aromatic nitrogens is 2. The van der Waals surface area contributed by atoms with Crippen LogP contribution >= 0.6 is 23.1 Å². The van der Waals surface area contributed by atoms with Crippen molar-refractivity contribution in [3.8, 4) is 0 Å². The first kappa shape index (κ1) is 36.7. The van der Waals surface area contributed by atoms with E-state index in [1.807, 2.05) is 28.3 Å². The maximum absolute atomic E-state index is 13.5. The maximum atomic E-state index is 13.5. The SMILES string of the molecule is CSc1c2sc(C3=C(C(=O)OCc4ccc([N+](=O)[O-])cc4)N4C(=O)[C@H]([C@@H](C)O)[C@H]4[C@H]3C)cn2c[n+]1CC[N+](=O)[O-].O=S(=O)([O-])C(F)(F)F. The quantitative estimate of drug-likeness (QED) is 0.0464. The van der Waals surface area contributed by atoms with Crippen LogP contribution < -0.4 is 4.57 Å². The number of aliphatic hydroxyl groups excluding tert-OH is 1. The first-order chi connectivity index (χ1) is 22.3. The minimum atomic E-state index is -6.09. The summed E-state index contributed by atoms with van der Waals surface area (Å²) in [6.07, 6.45) is 4.60. The van der Waals surface area contributed by atoms with E-state index in [2.05, 4.69) is 0 Å². The molecule has 1 fully saturated rings. The summed E-state index contributed by atoms with van der Waals surface area (Å²) in [6, 6.07) is 5.24. The molecule has 1 saturated heterocycles. The van der Waals surface area contributed by atoms with Gasteiger partial charge < -0.3 is 19.3 Å². The summed E-state index contributed by atoms with van der Waals surface area (Å²) in [7, 11) is -6.09. The van der Waals surface area contributed by atoms with Crippen molar-refractivity contribution in [2.75, 3.05) is 12.8 Å². The monoisotopic (exact) mass is 737 g/mol. The van der Waals surface area contributed by atoms with Gasteiger partial charge >= 0.3 is 11.5 Å². The van der Waals surface area contributed by atoms with Crippen molar-refractivity contribution in [3.63, 3.8) is 0 Å². The van der Waals surface area contributed by atoms with Crippen LogP contribution in [0.25, 0.3) is 10.4 Å². The number of carbonyl (C=O) groups excluding carboxylic acids is 2. The van der Waals surface area contributed by atoms with Gasteiger partial charge in [-0.05, 0) is 30.9 Å². The highest BCUT2D eigenvalue weighted by molar-refractivity contribution is 7.98. The van der Waals surface area contributed by atoms with Crippen molar-refractivity contribution < 1.29 is 60.0 Å². The van der Waals surface area contributed by atoms with Crippen LogP contribution in [0.4, 0.5) is 18.9 Å². The Hall–Kier alpha value is -4.12. The number of amides is 1. The highest BCUT2D eigenvalue weighted by Gasteiger charge is 2.60. The number of thioether (sulfide) groups is 1. The van der Waals surface area contributed by atoms with Crippen LogP contribution in [-0.2, 0) is 37.6 Å². The number of rotatable bonds is 10. The summed E-state index contributed by atoms with van der Waals surface area (Å²) in [5, 5.41) is 33.0. The molecule has 4 heterocycles. The molecule has 0 saturated carbocycles. The van der Waals surface area contributed by atoms with Gasteiger partial charge in [0, 0.05) is 28.5 Å². The molecule has 1 aromatic carbocycles. The van der Waals surface area contributed by atoms with Crippen molar-refractivity contribution in [2.45, 2.75) is 49.7 Å². The van der Waals surface area contributed by atoms with Crippen LogP contribution in [-0.4, -0.2) is 79.6 Å². The summed E-state index contributed by atoms with van der Waals surface area (Å²) < 4.78 is 68.2. The molecule has 2 aliphatic heterocycles. The highest BCUT2D eigenvalue weighted by Crippen LogP contribution is 2.52. The summed E-state index contributed by atoms with van der Waals surface area (Å²) in [5.41, 5.74) is -4.42. The molecule has 1 N–H and O–H groups in total. The van der Waals surface area contributed by atoms with Crippen molar-refractivity contribution in [3.05, 3.63) is 73.2 Å². The molecule has 0 aliphatic carbocycles. The third-order valence-electron chi connectivity index (χ3n) is 7.55. The lowest BCUT2D eigenvalue weighted by Crippen LogP contribution is -2.63. The summed E-state index contributed by atoms with van der Waals surface area (Å²) >= 11 is 2.86. The molecular formula is C26H26F3N5O11S3. The van der Waals surface area contributed by atoms with Crippen LogP contribution in [0, 0.1) is 32.1 Å². The Morgan fingerprint density at radius 2 is 1.83 bits per heavy atom. The van der Waals surface area contributed by atoms with E-state index in [-0.39, 0.29) is 47.8 Å². The van der Waals surface area contributed by atoms with E-state index in [0.29, 0.717) is 11.1 Å². The summed E-state index contributed by atoms with van der Waals surface area (Å²) in [4.78, 5) is 50.5. The molecule has 2 aromatic heterocycles. The predicted molar refractivity (Wildman–Crippen MR) is 160 cm³/mol. The number of aliphatic hydroxyl groups is 1. The lowest BCUT2D eigenvalue weighted by atomic mass is 9.77. The number of benzene rings is 1. The van der Waals surface area contributed by atoms with E-state index in [1.165, 1.54) is 52.3 Å². The van der Waals surface area contributed by atoms with Crippen LogP contribution in [0.5, 0.6) is 0 Å². The maximum Gasteiger partial charge on any atom is 0.485 e. The van der Waals surface area contributed by atoms with Gasteiger partial charge in [0.2, 0.25) is 22.3 Å². The lowest BCUT2D eigenvalue weighted by molar-refractivity contribution is -0.747. The zero-order valence-corrected chi connectivity index (χ0v) is 27.5. The highest BCUT2D eigenvalue weighted by atomic mass is 32.2. The minimum absolute atomic E-state index is 0.0821. The molecule has 0 spiro atoms. The number of alkyl halides is 3. The van der Waals surface area contributed by atoms with E-state index < -0.39 is 44.6 Å². The van der Waals surface area contributed by atoms with Crippen molar-refractivity contribution in [2.24, 2.45) is 11.8 Å². The fourth-order valence-corrected chi connectivity index (χ4v) is 7.63. The number of esters is 1. The van der Waals surface area contributed by atoms with Gasteiger partial charge in [-0.1, -0.05) is 30.0 Å². The van der Waals surface area contributed by atoms with Gasteiger partial charge in [-0.25, -0.2) is 17.8 Å². The second-order valence-electron chi connectivity index (χ2n) is 10.6. The number of hydrogen-bond acceptors (Lipinski definition) is 13. The molecule has 4 atom stereocenters. The molecule has 2 aliphatic rings. The standard InChI is InChI=1S/C25H26N5O8S2.CHF3O3S/c1-13-18(17-10-27-12-26(8-9-28(34)35)23(39-3)24(27)40-17)21(29-20(13)19(14(2)31)22(29)32)25(33)38-11-15-4-6-16(7-5-15)30(36)37;2-1(3,4)8(5,6)7/h4-7,10,12-14,19-20,31H,8-9,11H2,1-3H3;(H,5,6,7)/q+1;/p-1/t13-,14+,19+,20+;/m0./s1. The van der Waals surface area contributed by atoms with Gasteiger partial charge in [0.05, 0.1) is 27.9 Å². The molecule has 22 heteroatoms. The Bertz CT molecular complexity index is 1910. The smallest absolute Gasteiger partial charge is 0.485 e. The Morgan fingerprint density at radius 3 is 2.33 bits per heavy atom. The van der Waals surface area contributed by atoms with Gasteiger partial charge in [-0.3, -0.25) is 25.0 Å². The molecule has 16 nitrogen and oxygen atoms in total. The van der Waals surface area contributed by atoms with Crippen molar-refractivity contribution in [1.29, 1.82) is 0 Å². The average Bonchev–Trinajstić information content (AvgIpc) is 3.60. The largest absolute Gasteiger partial charge is 0.741 e. The molecule has 0 radical (unpaired) electrons. The van der Waals surface area contributed by atoms with Gasteiger partial charge in [0.15, 0.2) is 16.7 Å². The van der Waals surface area contributed by atoms with Crippen molar-refractivity contribution in [1.82, 2.24) is 9.30 Å². The van der Waals surface area contributed by atoms with Crippen LogP contribution in [0.3, 0.4) is 0 Å². The number of hydrogen-bond donors (Lipinski definition) is 1. The number of nitro groups is 2. The zero-order valence-electron chi connectivity index (χ0n) is 25.0. The summed E-state index contributed by atoms with van der Waals surface area (Å²) in [5.74, 6) is -1.98. The third kappa shape index (κ3) is 7.16. The molecule has 5 rings (SSSR count). The molecule has 1 amide bonds. The van der Waals surface area contributed by atoms with Gasteiger partial charge in [-0.15, -0.1) is 0 Å². The molecule has 260 valence electrons. The number of nitrogens with zero attached hydrogens (tertiary/aromatic N) is 5. The summed E-state index contributed by atoms with van der Waals surface area (Å²) in [6.45, 7) is 3.32. The molecular weight excluding hydrogens is 712 g/mol. The number of thiazole rings is 1. The third-order valence-corrected chi connectivity index (χ3v) is 10.2. The Morgan fingerprint density at radius 1 is 1.23 bits per heavy atom. The number of ether oxygens (including phenoxy) is 1. The second-order valence-corrected chi connectivity index (χ2v) is 13.8. The first-order valence-corrected chi connectivity index (χ1v) is 17.1. The molecule has 48 heavy (non-hydrogen) atoms. The van der Waals surface area contributed by atoms with Crippen LogP contribution in [0.2, 0.25) is 0 Å². The minimum Gasteiger partial charge on any atom is -0.741 e. The zero-order chi connectivity index (χ0) is 35.9. The predicted octanol–water partition coefficient (Wildman–Crippen LogP) is 2.56. The van der Waals surface area contributed by atoms with E-state index in [9.17, 15) is 48.1 Å². The molecule has 0 unspecified atom stereocenters. The number of non-ortho nitro benzene ring substituents is 1. The number of carbonyl (C=O) groups is 2. The lowest BCUT2D eigenvalue weighted by Gasteiger charge is -2.46. The van der Waals surface area contributed by atoms with Gasteiger partial charge in [0.1, 0.15) is 18.5 Å². The fraction of sp³-hybridized carbons (Fsp3) is 0.423. The fourth-order valence-electron chi connectivity index (χ4n) is 5.43. The Balaban J connectivity index is 0.000000579. The number of halogens is 3. The molecule has 0 bridgehead atoms. The number of β-lactam (4-membered cyclic amide) rings is 1. The topological polar surface area (TPSA) is 219 Å². The van der Waals surface area contributed by atoms with E-state index in [4.69, 9.17) is 17.7 Å². The average molecular weight is 738 g/mol. The van der Waals surface area contributed by atoms with E-state index in [0.717, 1.165) is 14.7 Å². The van der Waals surface area contributed by atoms with Crippen LogP contribution in [0.15, 0.2) is 47.5 Å². The number of nitro benzene ring substituents is 1. The van der Waals surface area contributed by atoms with E-state index >= 15 is 0 Å². The number of fused-ring (bicyclic) bond motifs is 2. The van der Waals surface area contributed by atoms with Gasteiger partial charge in [-0.2, -0.15) is 17.6 Å². The van der Waals surface area contributed by atoms with Gasteiger partial charge in [0.25, 0.3) is 12.0 Å². The Labute approximate surface area is 277 Å². The first-order valence-electron chi connectivity index (χ1n) is 13.7.